The Morgan fingerprint density at radius 1 is 1.10 bits per heavy atom. The SMILES string of the molecule is C[C@@H](OC(=O)CCC(=O)N1CCC(c2ccccc2)=N1)c1nc2ccccc2c(=O)[nH]1. The van der Waals surface area contributed by atoms with Gasteiger partial charge < -0.3 is 9.72 Å². The molecule has 1 aliphatic heterocycles. The van der Waals surface area contributed by atoms with Crippen molar-refractivity contribution in [1.82, 2.24) is 15.0 Å². The van der Waals surface area contributed by atoms with Gasteiger partial charge in [-0.1, -0.05) is 42.5 Å². The third kappa shape index (κ3) is 4.69. The molecule has 4 rings (SSSR count). The normalized spacial score (nSPS) is 14.4. The maximum absolute atomic E-state index is 12.4. The Kier molecular flexibility index (Phi) is 5.88. The molecule has 1 aliphatic rings. The zero-order valence-electron chi connectivity index (χ0n) is 17.1. The number of rotatable bonds is 6. The number of hydrazone groups is 1. The van der Waals surface area contributed by atoms with Crippen LogP contribution in [0.3, 0.4) is 0 Å². The Morgan fingerprint density at radius 2 is 1.84 bits per heavy atom. The molecule has 0 spiro atoms. The number of benzene rings is 2. The number of esters is 1. The lowest BCUT2D eigenvalue weighted by Crippen LogP contribution is -2.24. The summed E-state index contributed by atoms with van der Waals surface area (Å²) in [5.74, 6) is -0.504. The molecule has 158 valence electrons. The second-order valence-electron chi connectivity index (χ2n) is 7.28. The maximum atomic E-state index is 12.4. The van der Waals surface area contributed by atoms with Crippen molar-refractivity contribution in [3.8, 4) is 0 Å². The van der Waals surface area contributed by atoms with Crippen molar-refractivity contribution in [3.63, 3.8) is 0 Å². The van der Waals surface area contributed by atoms with E-state index in [-0.39, 0.29) is 30.1 Å². The monoisotopic (exact) mass is 418 g/mol. The van der Waals surface area contributed by atoms with Gasteiger partial charge in [0, 0.05) is 12.8 Å². The minimum absolute atomic E-state index is 0.00120. The van der Waals surface area contributed by atoms with Gasteiger partial charge in [-0.3, -0.25) is 14.4 Å². The molecule has 1 amide bonds. The van der Waals surface area contributed by atoms with Gasteiger partial charge in [0.15, 0.2) is 11.9 Å². The Morgan fingerprint density at radius 3 is 2.65 bits per heavy atom. The van der Waals surface area contributed by atoms with E-state index in [0.717, 1.165) is 11.3 Å². The number of aromatic amines is 1. The second kappa shape index (κ2) is 8.91. The summed E-state index contributed by atoms with van der Waals surface area (Å²) in [6, 6.07) is 16.6. The first-order valence-electron chi connectivity index (χ1n) is 10.1. The quantitative estimate of drug-likeness (QED) is 0.620. The molecule has 3 aromatic rings. The van der Waals surface area contributed by atoms with Crippen LogP contribution >= 0.6 is 0 Å². The first-order valence-corrected chi connectivity index (χ1v) is 10.1. The van der Waals surface area contributed by atoms with Crippen molar-refractivity contribution in [2.24, 2.45) is 5.10 Å². The van der Waals surface area contributed by atoms with E-state index in [1.165, 1.54) is 5.01 Å². The summed E-state index contributed by atoms with van der Waals surface area (Å²) in [6.07, 6.45) is -0.139. The largest absolute Gasteiger partial charge is 0.454 e. The highest BCUT2D eigenvalue weighted by molar-refractivity contribution is 6.02. The van der Waals surface area contributed by atoms with Gasteiger partial charge in [0.1, 0.15) is 0 Å². The number of nitrogens with one attached hydrogen (secondary N) is 1. The van der Waals surface area contributed by atoms with E-state index < -0.39 is 12.1 Å². The molecule has 0 fully saturated rings. The van der Waals surface area contributed by atoms with Crippen molar-refractivity contribution in [2.75, 3.05) is 6.54 Å². The van der Waals surface area contributed by atoms with Crippen molar-refractivity contribution >= 4 is 28.5 Å². The molecule has 0 radical (unpaired) electrons. The second-order valence-corrected chi connectivity index (χ2v) is 7.28. The molecule has 1 N–H and O–H groups in total. The molecule has 31 heavy (non-hydrogen) atoms. The highest BCUT2D eigenvalue weighted by atomic mass is 16.5. The Bertz CT molecular complexity index is 1200. The van der Waals surface area contributed by atoms with Crippen LogP contribution in [0.4, 0.5) is 0 Å². The number of para-hydroxylation sites is 1. The molecule has 8 nitrogen and oxygen atoms in total. The van der Waals surface area contributed by atoms with Crippen molar-refractivity contribution < 1.29 is 14.3 Å². The minimum Gasteiger partial charge on any atom is -0.454 e. The lowest BCUT2D eigenvalue weighted by atomic mass is 10.1. The Hall–Kier alpha value is -3.81. The number of nitrogens with zero attached hydrogens (tertiary/aromatic N) is 3. The van der Waals surface area contributed by atoms with E-state index in [0.29, 0.717) is 23.9 Å². The maximum Gasteiger partial charge on any atom is 0.307 e. The fraction of sp³-hybridized carbons (Fsp3) is 0.261. The third-order valence-corrected chi connectivity index (χ3v) is 5.06. The number of hydrogen-bond acceptors (Lipinski definition) is 6. The van der Waals surface area contributed by atoms with Gasteiger partial charge in [-0.25, -0.2) is 9.99 Å². The summed E-state index contributed by atoms with van der Waals surface area (Å²) in [6.45, 7) is 2.13. The van der Waals surface area contributed by atoms with Crippen LogP contribution in [-0.4, -0.2) is 39.1 Å². The molecule has 0 saturated heterocycles. The summed E-state index contributed by atoms with van der Waals surface area (Å²) in [5, 5.41) is 6.26. The summed E-state index contributed by atoms with van der Waals surface area (Å²) in [4.78, 5) is 43.8. The number of amides is 1. The molecule has 0 saturated carbocycles. The topological polar surface area (TPSA) is 105 Å². The number of carbonyl (C=O) groups excluding carboxylic acids is 2. The van der Waals surface area contributed by atoms with Crippen LogP contribution in [0.5, 0.6) is 0 Å². The highest BCUT2D eigenvalue weighted by Crippen LogP contribution is 2.17. The van der Waals surface area contributed by atoms with E-state index in [9.17, 15) is 14.4 Å². The number of aromatic nitrogens is 2. The van der Waals surface area contributed by atoms with E-state index >= 15 is 0 Å². The average molecular weight is 418 g/mol. The van der Waals surface area contributed by atoms with Gasteiger partial charge in [-0.15, -0.1) is 0 Å². The van der Waals surface area contributed by atoms with Gasteiger partial charge in [-0.05, 0) is 24.6 Å². The summed E-state index contributed by atoms with van der Waals surface area (Å²) < 4.78 is 5.37. The van der Waals surface area contributed by atoms with Gasteiger partial charge in [0.05, 0.1) is 29.6 Å². The fourth-order valence-electron chi connectivity index (χ4n) is 3.42. The van der Waals surface area contributed by atoms with E-state index in [2.05, 4.69) is 15.1 Å². The number of carbonyl (C=O) groups is 2. The highest BCUT2D eigenvalue weighted by Gasteiger charge is 2.23. The number of ether oxygens (including phenoxy) is 1. The summed E-state index contributed by atoms with van der Waals surface area (Å²) in [5.41, 5.74) is 2.08. The predicted octanol–water partition coefficient (Wildman–Crippen LogP) is 2.94. The van der Waals surface area contributed by atoms with Crippen LogP contribution in [0.25, 0.3) is 10.9 Å². The lowest BCUT2D eigenvalue weighted by Gasteiger charge is -2.14. The zero-order chi connectivity index (χ0) is 21.8. The zero-order valence-corrected chi connectivity index (χ0v) is 17.1. The van der Waals surface area contributed by atoms with Crippen LogP contribution in [0, 0.1) is 0 Å². The standard InChI is InChI=1S/C23H22N4O4/c1-15(22-24-19-10-6-5-9-17(19)23(30)25-22)31-21(29)12-11-20(28)27-14-13-18(26-27)16-7-3-2-4-8-16/h2-10,15H,11-14H2,1H3,(H,24,25,30)/t15-/m1/s1. The number of fused-ring (bicyclic) bond motifs is 1. The molecular weight excluding hydrogens is 396 g/mol. The molecule has 8 heteroatoms. The lowest BCUT2D eigenvalue weighted by molar-refractivity contribution is -0.150. The molecule has 2 aromatic carbocycles. The van der Waals surface area contributed by atoms with E-state index in [1.807, 2.05) is 30.3 Å². The summed E-state index contributed by atoms with van der Waals surface area (Å²) >= 11 is 0. The van der Waals surface area contributed by atoms with E-state index in [1.54, 1.807) is 31.2 Å². The molecule has 2 heterocycles. The average Bonchev–Trinajstić information content (AvgIpc) is 3.28. The van der Waals surface area contributed by atoms with Gasteiger partial charge in [-0.2, -0.15) is 5.10 Å². The fourth-order valence-corrected chi connectivity index (χ4v) is 3.42. The van der Waals surface area contributed by atoms with Crippen molar-refractivity contribution in [1.29, 1.82) is 0 Å². The molecule has 1 atom stereocenters. The Labute approximate surface area is 178 Å². The molecular formula is C23H22N4O4. The van der Waals surface area contributed by atoms with E-state index in [4.69, 9.17) is 4.74 Å². The smallest absolute Gasteiger partial charge is 0.307 e. The van der Waals surface area contributed by atoms with Crippen LogP contribution in [-0.2, 0) is 14.3 Å². The predicted molar refractivity (Wildman–Crippen MR) is 115 cm³/mol. The minimum atomic E-state index is -0.741. The number of hydrogen-bond donors (Lipinski definition) is 1. The van der Waals surface area contributed by atoms with Crippen molar-refractivity contribution in [2.45, 2.75) is 32.3 Å². The van der Waals surface area contributed by atoms with Gasteiger partial charge >= 0.3 is 5.97 Å². The van der Waals surface area contributed by atoms with Crippen LogP contribution in [0.1, 0.15) is 43.7 Å². The Balaban J connectivity index is 1.33. The van der Waals surface area contributed by atoms with Gasteiger partial charge in [0.2, 0.25) is 5.91 Å². The van der Waals surface area contributed by atoms with Gasteiger partial charge in [0.25, 0.3) is 5.56 Å². The van der Waals surface area contributed by atoms with Crippen molar-refractivity contribution in [3.05, 3.63) is 76.3 Å². The molecule has 1 aromatic heterocycles. The molecule has 0 aliphatic carbocycles. The third-order valence-electron chi connectivity index (χ3n) is 5.06. The first-order chi connectivity index (χ1) is 15.0. The van der Waals surface area contributed by atoms with Crippen LogP contribution in [0.15, 0.2) is 64.5 Å². The first kappa shape index (κ1) is 20.5. The number of H-pyrrole nitrogens is 1. The molecule has 0 bridgehead atoms. The molecule has 0 unspecified atom stereocenters. The summed E-state index contributed by atoms with van der Waals surface area (Å²) in [7, 11) is 0. The van der Waals surface area contributed by atoms with Crippen LogP contribution in [0.2, 0.25) is 0 Å². The van der Waals surface area contributed by atoms with Crippen LogP contribution < -0.4 is 5.56 Å².